The van der Waals surface area contributed by atoms with E-state index < -0.39 is 0 Å². The first-order valence-corrected chi connectivity index (χ1v) is 11.4. The zero-order chi connectivity index (χ0) is 23.0. The van der Waals surface area contributed by atoms with Gasteiger partial charge in [-0.25, -0.2) is 0 Å². The molecule has 6 nitrogen and oxygen atoms in total. The molecule has 1 N–H and O–H groups in total. The SMILES string of the molecule is C=CCn1c(SCC(=O)Nc2ccccc2-c2ccccc2)nnc1-c1ccc(OC)cc1. The van der Waals surface area contributed by atoms with Gasteiger partial charge in [-0.15, -0.1) is 16.8 Å². The number of carbonyl (C=O) groups excluding carboxylic acids is 1. The summed E-state index contributed by atoms with van der Waals surface area (Å²) in [5.74, 6) is 1.59. The molecule has 0 bridgehead atoms. The number of benzene rings is 3. The zero-order valence-electron chi connectivity index (χ0n) is 18.3. The van der Waals surface area contributed by atoms with Crippen LogP contribution in [0, 0.1) is 0 Å². The number of thioether (sulfide) groups is 1. The van der Waals surface area contributed by atoms with Crippen molar-refractivity contribution < 1.29 is 9.53 Å². The molecule has 0 saturated heterocycles. The normalized spacial score (nSPS) is 10.6. The second-order valence-electron chi connectivity index (χ2n) is 7.18. The number of nitrogens with zero attached hydrogens (tertiary/aromatic N) is 3. The lowest BCUT2D eigenvalue weighted by atomic mass is 10.0. The van der Waals surface area contributed by atoms with Crippen molar-refractivity contribution in [2.45, 2.75) is 11.7 Å². The third-order valence-corrected chi connectivity index (χ3v) is 5.96. The Kier molecular flexibility index (Phi) is 7.22. The maximum Gasteiger partial charge on any atom is 0.234 e. The molecular weight excluding hydrogens is 432 g/mol. The fourth-order valence-corrected chi connectivity index (χ4v) is 4.17. The Morgan fingerprint density at radius 1 is 1.00 bits per heavy atom. The van der Waals surface area contributed by atoms with Crippen LogP contribution >= 0.6 is 11.8 Å². The zero-order valence-corrected chi connectivity index (χ0v) is 19.1. The van der Waals surface area contributed by atoms with E-state index in [-0.39, 0.29) is 11.7 Å². The van der Waals surface area contributed by atoms with Crippen molar-refractivity contribution in [2.24, 2.45) is 0 Å². The number of methoxy groups -OCH3 is 1. The summed E-state index contributed by atoms with van der Waals surface area (Å²) in [5.41, 5.74) is 3.72. The maximum absolute atomic E-state index is 12.8. The number of para-hydroxylation sites is 1. The van der Waals surface area contributed by atoms with Gasteiger partial charge in [0, 0.05) is 23.4 Å². The smallest absolute Gasteiger partial charge is 0.234 e. The minimum atomic E-state index is -0.109. The van der Waals surface area contributed by atoms with Crippen molar-refractivity contribution in [3.63, 3.8) is 0 Å². The average Bonchev–Trinajstić information content (AvgIpc) is 3.26. The predicted octanol–water partition coefficient (Wildman–Crippen LogP) is 5.54. The predicted molar refractivity (Wildman–Crippen MR) is 133 cm³/mol. The highest BCUT2D eigenvalue weighted by Crippen LogP contribution is 2.29. The van der Waals surface area contributed by atoms with Crippen LogP contribution in [-0.4, -0.2) is 33.5 Å². The summed E-state index contributed by atoms with van der Waals surface area (Å²) in [6, 6.07) is 25.4. The lowest BCUT2D eigenvalue weighted by Gasteiger charge is -2.11. The van der Waals surface area contributed by atoms with E-state index in [0.717, 1.165) is 34.0 Å². The van der Waals surface area contributed by atoms with E-state index in [4.69, 9.17) is 4.74 Å². The number of aromatic nitrogens is 3. The molecular formula is C26H24N4O2S. The number of amides is 1. The van der Waals surface area contributed by atoms with E-state index in [1.807, 2.05) is 83.4 Å². The fraction of sp³-hybridized carbons (Fsp3) is 0.115. The van der Waals surface area contributed by atoms with E-state index in [0.29, 0.717) is 11.7 Å². The number of carbonyl (C=O) groups is 1. The molecule has 0 aliphatic heterocycles. The molecule has 4 rings (SSSR count). The summed E-state index contributed by atoms with van der Waals surface area (Å²) in [7, 11) is 1.63. The number of allylic oxidation sites excluding steroid dienone is 1. The van der Waals surface area contributed by atoms with Crippen LogP contribution in [0.2, 0.25) is 0 Å². The Bertz CT molecular complexity index is 1240. The van der Waals surface area contributed by atoms with Crippen molar-refractivity contribution in [3.05, 3.63) is 91.5 Å². The molecule has 7 heteroatoms. The van der Waals surface area contributed by atoms with Crippen molar-refractivity contribution in [1.29, 1.82) is 0 Å². The summed E-state index contributed by atoms with van der Waals surface area (Å²) in [6.07, 6.45) is 1.79. The lowest BCUT2D eigenvalue weighted by Crippen LogP contribution is -2.15. The highest BCUT2D eigenvalue weighted by atomic mass is 32.2. The number of nitrogens with one attached hydrogen (secondary N) is 1. The van der Waals surface area contributed by atoms with E-state index in [1.54, 1.807) is 13.2 Å². The van der Waals surface area contributed by atoms with Gasteiger partial charge in [-0.2, -0.15) is 0 Å². The highest BCUT2D eigenvalue weighted by Gasteiger charge is 2.16. The molecule has 1 amide bonds. The molecule has 1 aromatic heterocycles. The third kappa shape index (κ3) is 5.32. The molecule has 4 aromatic rings. The molecule has 3 aromatic carbocycles. The monoisotopic (exact) mass is 456 g/mol. The number of ether oxygens (including phenoxy) is 1. The molecule has 0 radical (unpaired) electrons. The Hall–Kier alpha value is -3.84. The van der Waals surface area contributed by atoms with Gasteiger partial charge in [0.2, 0.25) is 5.91 Å². The largest absolute Gasteiger partial charge is 0.497 e. The molecule has 0 atom stereocenters. The van der Waals surface area contributed by atoms with Gasteiger partial charge in [-0.1, -0.05) is 66.4 Å². The summed E-state index contributed by atoms with van der Waals surface area (Å²) in [6.45, 7) is 4.38. The van der Waals surface area contributed by atoms with E-state index in [9.17, 15) is 4.79 Å². The number of anilines is 1. The average molecular weight is 457 g/mol. The quantitative estimate of drug-likeness (QED) is 0.265. The number of hydrogen-bond donors (Lipinski definition) is 1. The van der Waals surface area contributed by atoms with Crippen molar-refractivity contribution in [2.75, 3.05) is 18.2 Å². The molecule has 0 fully saturated rings. The van der Waals surface area contributed by atoms with Gasteiger partial charge in [-0.3, -0.25) is 9.36 Å². The summed E-state index contributed by atoms with van der Waals surface area (Å²) in [5, 5.41) is 12.4. The molecule has 33 heavy (non-hydrogen) atoms. The second-order valence-corrected chi connectivity index (χ2v) is 8.12. The van der Waals surface area contributed by atoms with Crippen LogP contribution in [0.25, 0.3) is 22.5 Å². The first kappa shape index (κ1) is 22.4. The molecule has 166 valence electrons. The van der Waals surface area contributed by atoms with Crippen LogP contribution in [-0.2, 0) is 11.3 Å². The molecule has 1 heterocycles. The Morgan fingerprint density at radius 2 is 1.73 bits per heavy atom. The van der Waals surface area contributed by atoms with Crippen LogP contribution < -0.4 is 10.1 Å². The molecule has 0 spiro atoms. The van der Waals surface area contributed by atoms with Gasteiger partial charge in [0.05, 0.1) is 12.9 Å². The fourth-order valence-electron chi connectivity index (χ4n) is 3.42. The van der Waals surface area contributed by atoms with Gasteiger partial charge in [0.25, 0.3) is 0 Å². The second kappa shape index (κ2) is 10.7. The lowest BCUT2D eigenvalue weighted by molar-refractivity contribution is -0.113. The minimum absolute atomic E-state index is 0.109. The summed E-state index contributed by atoms with van der Waals surface area (Å²) >= 11 is 1.34. The van der Waals surface area contributed by atoms with E-state index in [1.165, 1.54) is 11.8 Å². The first-order chi connectivity index (χ1) is 16.2. The maximum atomic E-state index is 12.8. The molecule has 0 unspecified atom stereocenters. The number of hydrogen-bond acceptors (Lipinski definition) is 5. The van der Waals surface area contributed by atoms with Crippen LogP contribution in [0.1, 0.15) is 0 Å². The molecule has 0 saturated carbocycles. The van der Waals surface area contributed by atoms with Crippen LogP contribution in [0.15, 0.2) is 96.7 Å². The summed E-state index contributed by atoms with van der Waals surface area (Å²) in [4.78, 5) is 12.8. The summed E-state index contributed by atoms with van der Waals surface area (Å²) < 4.78 is 7.18. The van der Waals surface area contributed by atoms with Crippen LogP contribution in [0.4, 0.5) is 5.69 Å². The third-order valence-electron chi connectivity index (χ3n) is 5.00. The molecule has 0 aliphatic rings. The Balaban J connectivity index is 1.48. The van der Waals surface area contributed by atoms with Gasteiger partial charge in [0.1, 0.15) is 5.75 Å². The van der Waals surface area contributed by atoms with Gasteiger partial charge in [0.15, 0.2) is 11.0 Å². The van der Waals surface area contributed by atoms with E-state index in [2.05, 4.69) is 22.1 Å². The Morgan fingerprint density at radius 3 is 2.45 bits per heavy atom. The number of rotatable bonds is 9. The topological polar surface area (TPSA) is 69.0 Å². The van der Waals surface area contributed by atoms with Crippen molar-refractivity contribution >= 4 is 23.4 Å². The van der Waals surface area contributed by atoms with Crippen molar-refractivity contribution in [3.8, 4) is 28.3 Å². The van der Waals surface area contributed by atoms with Gasteiger partial charge >= 0.3 is 0 Å². The first-order valence-electron chi connectivity index (χ1n) is 10.4. The highest BCUT2D eigenvalue weighted by molar-refractivity contribution is 7.99. The molecule has 0 aliphatic carbocycles. The van der Waals surface area contributed by atoms with E-state index >= 15 is 0 Å². The Labute approximate surface area is 197 Å². The van der Waals surface area contributed by atoms with Crippen LogP contribution in [0.3, 0.4) is 0 Å². The standard InChI is InChI=1S/C26H24N4O2S/c1-3-17-30-25(20-13-15-21(32-2)16-14-20)28-29-26(30)33-18-24(31)27-23-12-8-7-11-22(23)19-9-5-4-6-10-19/h3-16H,1,17-18H2,2H3,(H,27,31). The van der Waals surface area contributed by atoms with Gasteiger partial charge < -0.3 is 10.1 Å². The van der Waals surface area contributed by atoms with Gasteiger partial charge in [-0.05, 0) is 35.9 Å². The van der Waals surface area contributed by atoms with Crippen LogP contribution in [0.5, 0.6) is 5.75 Å². The van der Waals surface area contributed by atoms with Crippen molar-refractivity contribution in [1.82, 2.24) is 14.8 Å². The minimum Gasteiger partial charge on any atom is -0.497 e.